The van der Waals surface area contributed by atoms with E-state index < -0.39 is 11.9 Å². The van der Waals surface area contributed by atoms with Crippen molar-refractivity contribution >= 4 is 23.4 Å². The van der Waals surface area contributed by atoms with Crippen molar-refractivity contribution in [2.45, 2.75) is 18.3 Å². The molecule has 0 saturated heterocycles. The number of nitrogens with one attached hydrogen (secondary N) is 1. The highest BCUT2D eigenvalue weighted by molar-refractivity contribution is 7.99. The molecule has 0 fully saturated rings. The molecule has 1 N–H and O–H groups in total. The van der Waals surface area contributed by atoms with Gasteiger partial charge in [0.2, 0.25) is 5.91 Å². The average Bonchev–Trinajstić information content (AvgIpc) is 3.17. The Hall–Kier alpha value is -3.38. The minimum Gasteiger partial charge on any atom is -0.478 e. The number of hydrogen-bond acceptors (Lipinski definition) is 7. The normalized spacial score (nSPS) is 11.5. The first-order valence-electron chi connectivity index (χ1n) is 8.22. The number of benzene rings is 2. The number of carbonyl (C=O) groups excluding carboxylic acids is 1. The monoisotopic (exact) mass is 398 g/mol. The van der Waals surface area contributed by atoms with Crippen molar-refractivity contribution in [2.24, 2.45) is 0 Å². The number of para-hydroxylation sites is 1. The molecule has 0 bridgehead atoms. The van der Waals surface area contributed by atoms with Gasteiger partial charge < -0.3 is 14.5 Å². The van der Waals surface area contributed by atoms with Crippen LogP contribution < -0.4 is 10.1 Å². The van der Waals surface area contributed by atoms with Crippen LogP contribution >= 0.6 is 11.8 Å². The molecule has 7 nitrogen and oxygen atoms in total. The first-order valence-corrected chi connectivity index (χ1v) is 9.21. The third kappa shape index (κ3) is 5.08. The molecule has 3 aromatic rings. The molecule has 0 aliphatic rings. The number of nitrogens with zero attached hydrogens (tertiary/aromatic N) is 3. The number of ether oxygens (including phenoxy) is 1. The molecule has 0 aliphatic carbocycles. The maximum Gasteiger partial charge on any atom is 0.277 e. The summed E-state index contributed by atoms with van der Waals surface area (Å²) in [4.78, 5) is 12.0. The van der Waals surface area contributed by atoms with E-state index in [2.05, 4.69) is 15.5 Å². The molecule has 3 rings (SSSR count). The number of thioether (sulfide) groups is 1. The van der Waals surface area contributed by atoms with E-state index in [0.717, 1.165) is 11.8 Å². The second-order valence-electron chi connectivity index (χ2n) is 5.63. The van der Waals surface area contributed by atoms with Gasteiger partial charge in [-0.1, -0.05) is 30.0 Å². The largest absolute Gasteiger partial charge is 0.478 e. The lowest BCUT2D eigenvalue weighted by molar-refractivity contribution is -0.113. The maximum absolute atomic E-state index is 13.6. The van der Waals surface area contributed by atoms with Gasteiger partial charge in [-0.15, -0.1) is 10.2 Å². The van der Waals surface area contributed by atoms with Crippen LogP contribution in [0.25, 0.3) is 0 Å². The summed E-state index contributed by atoms with van der Waals surface area (Å²) in [5.74, 6) is -0.466. The Morgan fingerprint density at radius 3 is 2.93 bits per heavy atom. The van der Waals surface area contributed by atoms with Gasteiger partial charge >= 0.3 is 0 Å². The summed E-state index contributed by atoms with van der Waals surface area (Å²) < 4.78 is 24.6. The number of hydrogen-bond donors (Lipinski definition) is 1. The van der Waals surface area contributed by atoms with Crippen molar-refractivity contribution in [3.8, 4) is 11.8 Å². The highest BCUT2D eigenvalue weighted by atomic mass is 32.2. The lowest BCUT2D eigenvalue weighted by atomic mass is 10.2. The van der Waals surface area contributed by atoms with Gasteiger partial charge in [0, 0.05) is 5.69 Å². The number of amides is 1. The van der Waals surface area contributed by atoms with E-state index in [4.69, 9.17) is 14.4 Å². The Morgan fingerprint density at radius 1 is 1.32 bits per heavy atom. The molecule has 0 spiro atoms. The van der Waals surface area contributed by atoms with E-state index in [0.29, 0.717) is 11.3 Å². The molecule has 28 heavy (non-hydrogen) atoms. The molecule has 0 unspecified atom stereocenters. The molecule has 9 heteroatoms. The molecule has 1 amide bonds. The van der Waals surface area contributed by atoms with Gasteiger partial charge in [-0.2, -0.15) is 5.26 Å². The van der Waals surface area contributed by atoms with Crippen LogP contribution in [0.5, 0.6) is 5.75 Å². The highest BCUT2D eigenvalue weighted by Crippen LogP contribution is 2.25. The second-order valence-corrected chi connectivity index (χ2v) is 6.55. The zero-order valence-corrected chi connectivity index (χ0v) is 15.6. The summed E-state index contributed by atoms with van der Waals surface area (Å²) in [5.41, 5.74) is 0.985. The predicted molar refractivity (Wildman–Crippen MR) is 100 cm³/mol. The fourth-order valence-corrected chi connectivity index (χ4v) is 2.78. The third-order valence-corrected chi connectivity index (χ3v) is 4.33. The number of carbonyl (C=O) groups is 1. The Balaban J connectivity index is 1.53. The van der Waals surface area contributed by atoms with Crippen molar-refractivity contribution in [1.29, 1.82) is 5.26 Å². The van der Waals surface area contributed by atoms with E-state index in [1.807, 2.05) is 6.07 Å². The Morgan fingerprint density at radius 2 is 2.14 bits per heavy atom. The summed E-state index contributed by atoms with van der Waals surface area (Å²) in [6.07, 6.45) is -0.652. The standard InChI is InChI=1S/C19H15FN4O3S/c1-12(26-16-8-3-2-7-15(16)20)18-23-24-19(27-18)28-11-17(25)22-14-6-4-5-13(9-14)10-21/h2-9,12H,11H2,1H3,(H,22,25)/t12-/m1/s1. The fourth-order valence-electron chi connectivity index (χ4n) is 2.22. The van der Waals surface area contributed by atoms with Crippen LogP contribution in [0.3, 0.4) is 0 Å². The van der Waals surface area contributed by atoms with Gasteiger partial charge in [-0.25, -0.2) is 4.39 Å². The molecular formula is C19H15FN4O3S. The van der Waals surface area contributed by atoms with Gasteiger partial charge in [0.15, 0.2) is 17.7 Å². The number of halogens is 1. The molecule has 1 atom stereocenters. The molecule has 142 valence electrons. The van der Waals surface area contributed by atoms with Crippen LogP contribution in [-0.2, 0) is 4.79 Å². The van der Waals surface area contributed by atoms with Crippen LogP contribution in [0.15, 0.2) is 58.2 Å². The molecule has 0 saturated carbocycles. The lowest BCUT2D eigenvalue weighted by Gasteiger charge is -2.11. The van der Waals surface area contributed by atoms with Gasteiger partial charge in [0.05, 0.1) is 17.4 Å². The molecule has 1 heterocycles. The third-order valence-electron chi connectivity index (χ3n) is 3.51. The fraction of sp³-hybridized carbons (Fsp3) is 0.158. The summed E-state index contributed by atoms with van der Waals surface area (Å²) >= 11 is 1.06. The summed E-state index contributed by atoms with van der Waals surface area (Å²) in [6, 6.07) is 14.6. The summed E-state index contributed by atoms with van der Waals surface area (Å²) in [7, 11) is 0. The van der Waals surface area contributed by atoms with Crippen molar-refractivity contribution < 1.29 is 18.3 Å². The lowest BCUT2D eigenvalue weighted by Crippen LogP contribution is -2.14. The van der Waals surface area contributed by atoms with E-state index in [1.165, 1.54) is 12.1 Å². The molecule has 0 radical (unpaired) electrons. The molecule has 0 aliphatic heterocycles. The van der Waals surface area contributed by atoms with Crippen LogP contribution in [0.4, 0.5) is 10.1 Å². The van der Waals surface area contributed by atoms with Crippen LogP contribution in [0.2, 0.25) is 0 Å². The smallest absolute Gasteiger partial charge is 0.277 e. The van der Waals surface area contributed by atoms with Crippen LogP contribution in [0, 0.1) is 17.1 Å². The van der Waals surface area contributed by atoms with Crippen molar-refractivity contribution in [2.75, 3.05) is 11.1 Å². The van der Waals surface area contributed by atoms with Crippen molar-refractivity contribution in [3.05, 3.63) is 65.8 Å². The minimum absolute atomic E-state index is 0.0426. The Kier molecular flexibility index (Phi) is 6.24. The van der Waals surface area contributed by atoms with E-state index in [9.17, 15) is 9.18 Å². The van der Waals surface area contributed by atoms with Gasteiger partial charge in [0.1, 0.15) is 0 Å². The van der Waals surface area contributed by atoms with E-state index in [1.54, 1.807) is 43.3 Å². The van der Waals surface area contributed by atoms with Gasteiger partial charge in [0.25, 0.3) is 11.1 Å². The molecular weight excluding hydrogens is 383 g/mol. The molecule has 1 aromatic heterocycles. The van der Waals surface area contributed by atoms with Gasteiger partial charge in [-0.3, -0.25) is 4.79 Å². The highest BCUT2D eigenvalue weighted by Gasteiger charge is 2.18. The zero-order valence-electron chi connectivity index (χ0n) is 14.8. The van der Waals surface area contributed by atoms with Crippen LogP contribution in [0.1, 0.15) is 24.5 Å². The van der Waals surface area contributed by atoms with Crippen LogP contribution in [-0.4, -0.2) is 21.9 Å². The average molecular weight is 398 g/mol. The van der Waals surface area contributed by atoms with E-state index >= 15 is 0 Å². The maximum atomic E-state index is 13.6. The number of anilines is 1. The second kappa shape index (κ2) is 9.01. The summed E-state index contributed by atoms with van der Waals surface area (Å²) in [6.45, 7) is 1.66. The first-order chi connectivity index (χ1) is 13.5. The quantitative estimate of drug-likeness (QED) is 0.601. The van der Waals surface area contributed by atoms with Crippen molar-refractivity contribution in [3.63, 3.8) is 0 Å². The van der Waals surface area contributed by atoms with E-state index in [-0.39, 0.29) is 28.5 Å². The molecule has 2 aromatic carbocycles. The Bertz CT molecular complexity index is 1020. The summed E-state index contributed by atoms with van der Waals surface area (Å²) in [5, 5.41) is 19.5. The zero-order chi connectivity index (χ0) is 19.9. The minimum atomic E-state index is -0.652. The predicted octanol–water partition coefficient (Wildman–Crippen LogP) is 3.95. The number of rotatable bonds is 7. The van der Waals surface area contributed by atoms with Gasteiger partial charge in [-0.05, 0) is 37.3 Å². The van der Waals surface area contributed by atoms with Crippen molar-refractivity contribution in [1.82, 2.24) is 10.2 Å². The first kappa shape index (κ1) is 19.4. The SMILES string of the molecule is C[C@@H](Oc1ccccc1F)c1nnc(SCC(=O)Nc2cccc(C#N)c2)o1. The topological polar surface area (TPSA) is 101 Å². The number of nitriles is 1. The number of aromatic nitrogens is 2. The Labute approximate surface area is 164 Å².